The van der Waals surface area contributed by atoms with Crippen molar-refractivity contribution in [2.24, 2.45) is 0 Å². The van der Waals surface area contributed by atoms with Crippen LogP contribution in [0, 0.1) is 0 Å². The van der Waals surface area contributed by atoms with E-state index in [0.717, 1.165) is 23.6 Å². The molecular formula is C22H20N4O3. The summed E-state index contributed by atoms with van der Waals surface area (Å²) in [6.07, 6.45) is 3.51. The molecule has 1 N–H and O–H groups in total. The van der Waals surface area contributed by atoms with Gasteiger partial charge in [-0.3, -0.25) is 9.36 Å². The molecule has 0 spiro atoms. The number of nitrogens with one attached hydrogen (secondary N) is 1. The first-order chi connectivity index (χ1) is 14.2. The number of nitrogens with zero attached hydrogens (tertiary/aromatic N) is 3. The van der Waals surface area contributed by atoms with Crippen LogP contribution in [0.1, 0.15) is 29.2 Å². The molecule has 0 aliphatic heterocycles. The molecule has 0 unspecified atom stereocenters. The van der Waals surface area contributed by atoms with Gasteiger partial charge >= 0.3 is 5.69 Å². The Balaban J connectivity index is 1.30. The predicted molar refractivity (Wildman–Crippen MR) is 109 cm³/mol. The lowest BCUT2D eigenvalue weighted by molar-refractivity contribution is 0.0952. The van der Waals surface area contributed by atoms with Gasteiger partial charge in [0.15, 0.2) is 5.76 Å². The zero-order valence-electron chi connectivity index (χ0n) is 15.7. The van der Waals surface area contributed by atoms with Gasteiger partial charge in [0.1, 0.15) is 0 Å². The van der Waals surface area contributed by atoms with Crippen LogP contribution >= 0.6 is 0 Å². The molecule has 0 radical (unpaired) electrons. The highest BCUT2D eigenvalue weighted by Gasteiger charge is 2.31. The Kier molecular flexibility index (Phi) is 4.27. The van der Waals surface area contributed by atoms with Gasteiger partial charge in [-0.1, -0.05) is 30.3 Å². The summed E-state index contributed by atoms with van der Waals surface area (Å²) < 4.78 is 8.53. The summed E-state index contributed by atoms with van der Waals surface area (Å²) >= 11 is 0. The van der Waals surface area contributed by atoms with Gasteiger partial charge in [0, 0.05) is 18.2 Å². The molecular weight excluding hydrogens is 368 g/mol. The second kappa shape index (κ2) is 7.09. The highest BCUT2D eigenvalue weighted by atomic mass is 16.3. The van der Waals surface area contributed by atoms with Crippen molar-refractivity contribution < 1.29 is 9.21 Å². The fraction of sp³-hybridized carbons (Fsp3) is 0.227. The number of carbonyl (C=O) groups excluding carboxylic acids is 1. The summed E-state index contributed by atoms with van der Waals surface area (Å²) in [4.78, 5) is 25.3. The molecule has 29 heavy (non-hydrogen) atoms. The molecule has 0 bridgehead atoms. The average Bonchev–Trinajstić information content (AvgIpc) is 3.32. The normalized spacial score (nSPS) is 13.7. The molecule has 7 heteroatoms. The Morgan fingerprint density at radius 1 is 1.10 bits per heavy atom. The number of aromatic nitrogens is 3. The van der Waals surface area contributed by atoms with E-state index in [-0.39, 0.29) is 17.6 Å². The second-order valence-electron chi connectivity index (χ2n) is 7.23. The van der Waals surface area contributed by atoms with Gasteiger partial charge in [0.2, 0.25) is 5.82 Å². The lowest BCUT2D eigenvalue weighted by atomic mass is 10.1. The number of furan rings is 1. The molecule has 4 aromatic rings. The lowest BCUT2D eigenvalue weighted by Gasteiger charge is -2.06. The molecule has 1 saturated carbocycles. The van der Waals surface area contributed by atoms with E-state index in [1.807, 2.05) is 36.4 Å². The molecule has 5 rings (SSSR count). The largest absolute Gasteiger partial charge is 0.461 e. The highest BCUT2D eigenvalue weighted by molar-refractivity contribution is 5.98. The molecule has 2 heterocycles. The molecule has 0 atom stereocenters. The Morgan fingerprint density at radius 3 is 2.69 bits per heavy atom. The van der Waals surface area contributed by atoms with Crippen molar-refractivity contribution in [2.75, 3.05) is 6.54 Å². The zero-order valence-corrected chi connectivity index (χ0v) is 15.7. The topological polar surface area (TPSA) is 82.1 Å². The summed E-state index contributed by atoms with van der Waals surface area (Å²) in [7, 11) is 0. The van der Waals surface area contributed by atoms with Crippen LogP contribution in [0.15, 0.2) is 70.1 Å². The molecule has 7 nitrogen and oxygen atoms in total. The van der Waals surface area contributed by atoms with Gasteiger partial charge in [-0.05, 0) is 47.9 Å². The van der Waals surface area contributed by atoms with E-state index in [1.165, 1.54) is 4.68 Å². The quantitative estimate of drug-likeness (QED) is 0.550. The van der Waals surface area contributed by atoms with Crippen LogP contribution in [0.4, 0.5) is 0 Å². The van der Waals surface area contributed by atoms with Gasteiger partial charge in [-0.25, -0.2) is 9.48 Å². The van der Waals surface area contributed by atoms with E-state index in [0.29, 0.717) is 30.2 Å². The molecule has 1 aliphatic rings. The Bertz CT molecular complexity index is 1230. The Hall–Kier alpha value is -3.61. The van der Waals surface area contributed by atoms with Gasteiger partial charge < -0.3 is 9.73 Å². The van der Waals surface area contributed by atoms with Crippen LogP contribution in [0.3, 0.4) is 0 Å². The Labute approximate surface area is 166 Å². The maximum absolute atomic E-state index is 12.8. The summed E-state index contributed by atoms with van der Waals surface area (Å²) in [5.74, 6) is 0.952. The van der Waals surface area contributed by atoms with Crippen LogP contribution in [0.2, 0.25) is 0 Å². The summed E-state index contributed by atoms with van der Waals surface area (Å²) in [6.45, 7) is 0.608. The van der Waals surface area contributed by atoms with Crippen LogP contribution in [-0.2, 0) is 6.54 Å². The summed E-state index contributed by atoms with van der Waals surface area (Å²) in [5, 5.41) is 9.43. The molecule has 1 fully saturated rings. The first-order valence-corrected chi connectivity index (χ1v) is 9.71. The maximum Gasteiger partial charge on any atom is 0.346 e. The van der Waals surface area contributed by atoms with Gasteiger partial charge in [-0.2, -0.15) is 0 Å². The standard InChI is InChI=1S/C22H20N4O3/c27-21(17-8-7-15-4-1-2-5-16(15)14-17)23-11-12-25-22(28)26(18-9-10-18)20(24-25)19-6-3-13-29-19/h1-8,13-14,18H,9-12H2,(H,23,27). The first-order valence-electron chi connectivity index (χ1n) is 9.71. The first kappa shape index (κ1) is 17.5. The summed E-state index contributed by atoms with van der Waals surface area (Å²) in [5.41, 5.74) is 0.426. The smallest absolute Gasteiger partial charge is 0.346 e. The number of benzene rings is 2. The minimum atomic E-state index is -0.170. The van der Waals surface area contributed by atoms with Crippen molar-refractivity contribution in [1.29, 1.82) is 0 Å². The molecule has 1 aliphatic carbocycles. The predicted octanol–water partition coefficient (Wildman–Crippen LogP) is 3.22. The van der Waals surface area contributed by atoms with Crippen LogP contribution in [0.25, 0.3) is 22.4 Å². The average molecular weight is 388 g/mol. The molecule has 2 aromatic carbocycles. The third-order valence-electron chi connectivity index (χ3n) is 5.14. The van der Waals surface area contributed by atoms with Crippen molar-refractivity contribution >= 4 is 16.7 Å². The van der Waals surface area contributed by atoms with E-state index >= 15 is 0 Å². The minimum Gasteiger partial charge on any atom is -0.461 e. The van der Waals surface area contributed by atoms with Crippen molar-refractivity contribution in [3.8, 4) is 11.6 Å². The lowest BCUT2D eigenvalue weighted by Crippen LogP contribution is -2.32. The molecule has 1 amide bonds. The van der Waals surface area contributed by atoms with E-state index < -0.39 is 0 Å². The number of rotatable bonds is 6. The van der Waals surface area contributed by atoms with Crippen LogP contribution in [0.5, 0.6) is 0 Å². The fourth-order valence-corrected chi connectivity index (χ4v) is 3.51. The molecule has 0 saturated heterocycles. The van der Waals surface area contributed by atoms with E-state index in [2.05, 4.69) is 10.4 Å². The monoisotopic (exact) mass is 388 g/mol. The number of hydrogen-bond acceptors (Lipinski definition) is 4. The molecule has 2 aromatic heterocycles. The Morgan fingerprint density at radius 2 is 1.93 bits per heavy atom. The SMILES string of the molecule is O=C(NCCn1nc(-c2ccco2)n(C2CC2)c1=O)c1ccc2ccccc2c1. The van der Waals surface area contributed by atoms with Crippen molar-refractivity contribution in [3.63, 3.8) is 0 Å². The van der Waals surface area contributed by atoms with Gasteiger partial charge in [0.25, 0.3) is 5.91 Å². The van der Waals surface area contributed by atoms with Gasteiger partial charge in [-0.15, -0.1) is 5.10 Å². The van der Waals surface area contributed by atoms with Gasteiger partial charge in [0.05, 0.1) is 12.8 Å². The maximum atomic E-state index is 12.8. The van der Waals surface area contributed by atoms with Crippen LogP contribution < -0.4 is 11.0 Å². The number of amides is 1. The van der Waals surface area contributed by atoms with Crippen molar-refractivity contribution in [2.45, 2.75) is 25.4 Å². The molecule has 146 valence electrons. The highest BCUT2D eigenvalue weighted by Crippen LogP contribution is 2.36. The number of fused-ring (bicyclic) bond motifs is 1. The second-order valence-corrected chi connectivity index (χ2v) is 7.23. The third kappa shape index (κ3) is 3.35. The van der Waals surface area contributed by atoms with Crippen molar-refractivity contribution in [1.82, 2.24) is 19.7 Å². The van der Waals surface area contributed by atoms with Crippen molar-refractivity contribution in [3.05, 3.63) is 76.9 Å². The number of carbonyl (C=O) groups is 1. The third-order valence-corrected chi connectivity index (χ3v) is 5.14. The summed E-state index contributed by atoms with van der Waals surface area (Å²) in [6, 6.07) is 17.3. The minimum absolute atomic E-state index is 0.168. The fourth-order valence-electron chi connectivity index (χ4n) is 3.51. The van der Waals surface area contributed by atoms with E-state index in [9.17, 15) is 9.59 Å². The van der Waals surface area contributed by atoms with Crippen LogP contribution in [-0.4, -0.2) is 26.8 Å². The number of hydrogen-bond donors (Lipinski definition) is 1. The van der Waals surface area contributed by atoms with E-state index in [1.54, 1.807) is 29.0 Å². The van der Waals surface area contributed by atoms with E-state index in [4.69, 9.17) is 4.42 Å². The zero-order chi connectivity index (χ0) is 19.8.